The Hall–Kier alpha value is -1.06. The summed E-state index contributed by atoms with van der Waals surface area (Å²) in [4.78, 5) is 2.68. The van der Waals surface area contributed by atoms with Gasteiger partial charge in [0.25, 0.3) is 0 Å². The van der Waals surface area contributed by atoms with Gasteiger partial charge in [-0.2, -0.15) is 0 Å². The maximum Gasteiger partial charge on any atom is 0.119 e. The molecule has 1 aromatic carbocycles. The van der Waals surface area contributed by atoms with Crippen LogP contribution in [0.5, 0.6) is 5.75 Å². The lowest BCUT2D eigenvalue weighted by Crippen LogP contribution is -2.64. The van der Waals surface area contributed by atoms with E-state index in [-0.39, 0.29) is 0 Å². The molecule has 1 saturated carbocycles. The molecule has 1 saturated heterocycles. The van der Waals surface area contributed by atoms with E-state index in [1.165, 1.54) is 19.3 Å². The largest absolute Gasteiger partial charge is 0.492 e. The highest BCUT2D eigenvalue weighted by molar-refractivity contribution is 5.20. The van der Waals surface area contributed by atoms with Crippen molar-refractivity contribution in [2.45, 2.75) is 44.7 Å². The molecule has 21 heavy (non-hydrogen) atoms. The molecular weight excluding hydrogens is 260 g/mol. The molecule has 1 aliphatic heterocycles. The van der Waals surface area contributed by atoms with Crippen LogP contribution in [0.25, 0.3) is 0 Å². The lowest BCUT2D eigenvalue weighted by atomic mass is 9.89. The number of ether oxygens (including phenoxy) is 1. The molecule has 2 aliphatic rings. The van der Waals surface area contributed by atoms with Crippen LogP contribution in [0.4, 0.5) is 0 Å². The second kappa shape index (κ2) is 6.37. The standard InChI is InChI=1S/C18H28N2O/c1-3-16-13-20(18(2,14-19-16)15-9-10-15)11-12-21-17-7-5-4-6-8-17/h4-8,15-16,19H,3,9-14H2,1-2H3. The van der Waals surface area contributed by atoms with Gasteiger partial charge in [0.2, 0.25) is 0 Å². The highest BCUT2D eigenvalue weighted by Crippen LogP contribution is 2.43. The van der Waals surface area contributed by atoms with Crippen LogP contribution in [-0.2, 0) is 0 Å². The van der Waals surface area contributed by atoms with Crippen molar-refractivity contribution in [3.63, 3.8) is 0 Å². The van der Waals surface area contributed by atoms with Crippen LogP contribution >= 0.6 is 0 Å². The van der Waals surface area contributed by atoms with E-state index in [1.807, 2.05) is 30.3 Å². The SMILES string of the molecule is CCC1CN(CCOc2ccccc2)C(C)(C2CC2)CN1. The van der Waals surface area contributed by atoms with E-state index in [0.717, 1.165) is 37.9 Å². The van der Waals surface area contributed by atoms with Gasteiger partial charge in [0.1, 0.15) is 12.4 Å². The molecule has 0 bridgehead atoms. The predicted octanol–water partition coefficient (Wildman–Crippen LogP) is 2.92. The molecule has 3 nitrogen and oxygen atoms in total. The van der Waals surface area contributed by atoms with Crippen LogP contribution < -0.4 is 10.1 Å². The van der Waals surface area contributed by atoms with E-state index in [1.54, 1.807) is 0 Å². The first-order chi connectivity index (χ1) is 10.2. The van der Waals surface area contributed by atoms with Crippen LogP contribution in [0.3, 0.4) is 0 Å². The Morgan fingerprint density at radius 2 is 2.05 bits per heavy atom. The first kappa shape index (κ1) is 14.9. The number of para-hydroxylation sites is 1. The second-order valence-corrected chi connectivity index (χ2v) is 6.73. The fourth-order valence-electron chi connectivity index (χ4n) is 3.52. The average molecular weight is 288 g/mol. The van der Waals surface area contributed by atoms with Gasteiger partial charge in [-0.3, -0.25) is 4.90 Å². The number of hydrogen-bond donors (Lipinski definition) is 1. The fourth-order valence-corrected chi connectivity index (χ4v) is 3.52. The third-order valence-electron chi connectivity index (χ3n) is 5.23. The van der Waals surface area contributed by atoms with Gasteiger partial charge < -0.3 is 10.1 Å². The molecule has 3 rings (SSSR count). The van der Waals surface area contributed by atoms with Crippen molar-refractivity contribution in [3.05, 3.63) is 30.3 Å². The molecule has 2 unspecified atom stereocenters. The molecule has 2 fully saturated rings. The minimum Gasteiger partial charge on any atom is -0.492 e. The summed E-state index contributed by atoms with van der Waals surface area (Å²) >= 11 is 0. The van der Waals surface area contributed by atoms with Crippen molar-refractivity contribution in [1.82, 2.24) is 10.2 Å². The summed E-state index contributed by atoms with van der Waals surface area (Å²) in [6.45, 7) is 8.80. The Balaban J connectivity index is 1.57. The van der Waals surface area contributed by atoms with Crippen molar-refractivity contribution in [2.75, 3.05) is 26.2 Å². The Bertz CT molecular complexity index is 446. The lowest BCUT2D eigenvalue weighted by Gasteiger charge is -2.48. The summed E-state index contributed by atoms with van der Waals surface area (Å²) in [5.74, 6) is 1.85. The molecular formula is C18H28N2O. The minimum atomic E-state index is 0.325. The first-order valence-corrected chi connectivity index (χ1v) is 8.38. The average Bonchev–Trinajstić information content (AvgIpc) is 3.35. The zero-order valence-electron chi connectivity index (χ0n) is 13.3. The fraction of sp³-hybridized carbons (Fsp3) is 0.667. The van der Waals surface area contributed by atoms with E-state index in [4.69, 9.17) is 4.74 Å². The van der Waals surface area contributed by atoms with Crippen LogP contribution in [0.2, 0.25) is 0 Å². The van der Waals surface area contributed by atoms with Gasteiger partial charge in [-0.05, 0) is 44.2 Å². The first-order valence-electron chi connectivity index (χ1n) is 8.38. The minimum absolute atomic E-state index is 0.325. The summed E-state index contributed by atoms with van der Waals surface area (Å²) in [6, 6.07) is 10.8. The maximum atomic E-state index is 5.91. The van der Waals surface area contributed by atoms with Gasteiger partial charge in [0, 0.05) is 31.2 Å². The quantitative estimate of drug-likeness (QED) is 0.871. The van der Waals surface area contributed by atoms with Crippen molar-refractivity contribution in [1.29, 1.82) is 0 Å². The van der Waals surface area contributed by atoms with Gasteiger partial charge in [-0.25, -0.2) is 0 Å². The maximum absolute atomic E-state index is 5.91. The Labute approximate surface area is 128 Å². The zero-order valence-corrected chi connectivity index (χ0v) is 13.3. The molecule has 2 atom stereocenters. The summed E-state index contributed by atoms with van der Waals surface area (Å²) in [6.07, 6.45) is 3.99. The number of nitrogens with one attached hydrogen (secondary N) is 1. The topological polar surface area (TPSA) is 24.5 Å². The van der Waals surface area contributed by atoms with Gasteiger partial charge in [0.15, 0.2) is 0 Å². The third-order valence-corrected chi connectivity index (χ3v) is 5.23. The number of rotatable bonds is 6. The highest BCUT2D eigenvalue weighted by atomic mass is 16.5. The van der Waals surface area contributed by atoms with Crippen molar-refractivity contribution >= 4 is 0 Å². The van der Waals surface area contributed by atoms with Gasteiger partial charge >= 0.3 is 0 Å². The van der Waals surface area contributed by atoms with E-state index < -0.39 is 0 Å². The van der Waals surface area contributed by atoms with E-state index in [2.05, 4.69) is 24.1 Å². The van der Waals surface area contributed by atoms with E-state index >= 15 is 0 Å². The summed E-state index contributed by atoms with van der Waals surface area (Å²) in [5, 5.41) is 3.74. The van der Waals surface area contributed by atoms with Crippen LogP contribution in [0.15, 0.2) is 30.3 Å². The number of nitrogens with zero attached hydrogens (tertiary/aromatic N) is 1. The van der Waals surface area contributed by atoms with Crippen molar-refractivity contribution in [3.8, 4) is 5.75 Å². The smallest absolute Gasteiger partial charge is 0.119 e. The van der Waals surface area contributed by atoms with Crippen LogP contribution in [0.1, 0.15) is 33.1 Å². The molecule has 1 N–H and O–H groups in total. The summed E-state index contributed by atoms with van der Waals surface area (Å²) in [7, 11) is 0. The molecule has 3 heteroatoms. The van der Waals surface area contributed by atoms with Crippen molar-refractivity contribution < 1.29 is 4.74 Å². The summed E-state index contributed by atoms with van der Waals surface area (Å²) in [5.41, 5.74) is 0.325. The van der Waals surface area contributed by atoms with Crippen molar-refractivity contribution in [2.24, 2.45) is 5.92 Å². The zero-order chi connectivity index (χ0) is 14.7. The Morgan fingerprint density at radius 1 is 1.29 bits per heavy atom. The van der Waals surface area contributed by atoms with Gasteiger partial charge in [0.05, 0.1) is 0 Å². The number of hydrogen-bond acceptors (Lipinski definition) is 3. The second-order valence-electron chi connectivity index (χ2n) is 6.73. The normalized spacial score (nSPS) is 30.3. The van der Waals surface area contributed by atoms with E-state index in [0.29, 0.717) is 11.6 Å². The van der Waals surface area contributed by atoms with E-state index in [9.17, 15) is 0 Å². The third kappa shape index (κ3) is 3.41. The Morgan fingerprint density at radius 3 is 2.71 bits per heavy atom. The molecule has 0 spiro atoms. The molecule has 0 radical (unpaired) electrons. The molecule has 0 aromatic heterocycles. The number of piperazine rings is 1. The molecule has 1 aromatic rings. The lowest BCUT2D eigenvalue weighted by molar-refractivity contribution is 0.0240. The van der Waals surface area contributed by atoms with Gasteiger partial charge in [-0.1, -0.05) is 25.1 Å². The van der Waals surface area contributed by atoms with Crippen LogP contribution in [0, 0.1) is 5.92 Å². The molecule has 1 aliphatic carbocycles. The highest BCUT2D eigenvalue weighted by Gasteiger charge is 2.47. The van der Waals surface area contributed by atoms with Crippen LogP contribution in [-0.4, -0.2) is 42.7 Å². The van der Waals surface area contributed by atoms with Gasteiger partial charge in [-0.15, -0.1) is 0 Å². The molecule has 1 heterocycles. The predicted molar refractivity (Wildman–Crippen MR) is 86.7 cm³/mol. The summed E-state index contributed by atoms with van der Waals surface area (Å²) < 4.78 is 5.91. The number of benzene rings is 1. The monoisotopic (exact) mass is 288 g/mol. The molecule has 116 valence electrons. The Kier molecular flexibility index (Phi) is 4.51. The molecule has 0 amide bonds.